The molecule has 0 unspecified atom stereocenters. The lowest BCUT2D eigenvalue weighted by Gasteiger charge is -2.38. The molecule has 0 radical (unpaired) electrons. The van der Waals surface area contributed by atoms with E-state index < -0.39 is 0 Å². The summed E-state index contributed by atoms with van der Waals surface area (Å²) in [7, 11) is 0. The van der Waals surface area contributed by atoms with Crippen molar-refractivity contribution in [1.29, 1.82) is 0 Å². The second-order valence-corrected chi connectivity index (χ2v) is 7.34. The molecule has 6 nitrogen and oxygen atoms in total. The van der Waals surface area contributed by atoms with Crippen LogP contribution in [0.1, 0.15) is 35.4 Å². The molecule has 1 aromatic heterocycles. The van der Waals surface area contributed by atoms with E-state index in [-0.39, 0.29) is 35.0 Å². The molecule has 1 saturated heterocycles. The summed E-state index contributed by atoms with van der Waals surface area (Å²) in [5.41, 5.74) is 1.28. The van der Waals surface area contributed by atoms with Crippen molar-refractivity contribution in [2.75, 3.05) is 13.1 Å². The van der Waals surface area contributed by atoms with Crippen molar-refractivity contribution in [2.45, 2.75) is 25.3 Å². The molecule has 2 amide bonds. The molecule has 1 N–H and O–H groups in total. The number of piperidine rings is 1. The van der Waals surface area contributed by atoms with Gasteiger partial charge in [-0.25, -0.2) is 0 Å². The van der Waals surface area contributed by atoms with Gasteiger partial charge in [0.25, 0.3) is 5.91 Å². The van der Waals surface area contributed by atoms with Gasteiger partial charge in [-0.2, -0.15) is 0 Å². The molecule has 1 aliphatic heterocycles. The van der Waals surface area contributed by atoms with Crippen molar-refractivity contribution in [3.05, 3.63) is 82.2 Å². The zero-order valence-corrected chi connectivity index (χ0v) is 16.1. The van der Waals surface area contributed by atoms with Crippen LogP contribution in [0.25, 0.3) is 11.0 Å². The van der Waals surface area contributed by atoms with Gasteiger partial charge in [0.2, 0.25) is 5.91 Å². The van der Waals surface area contributed by atoms with Crippen LogP contribution in [-0.4, -0.2) is 35.8 Å². The Labute approximate surface area is 168 Å². The van der Waals surface area contributed by atoms with Crippen LogP contribution in [0.3, 0.4) is 0 Å². The number of likely N-dealkylation sites (tertiary alicyclic amines) is 1. The van der Waals surface area contributed by atoms with Crippen LogP contribution < -0.4 is 10.7 Å². The molecule has 2 heterocycles. The van der Waals surface area contributed by atoms with E-state index in [4.69, 9.17) is 4.42 Å². The number of hydrogen-bond acceptors (Lipinski definition) is 4. The Kier molecular flexibility index (Phi) is 5.16. The van der Waals surface area contributed by atoms with Crippen molar-refractivity contribution in [3.63, 3.8) is 0 Å². The number of rotatable bonds is 3. The molecule has 3 aromatic rings. The molecule has 0 saturated carbocycles. The molecule has 1 fully saturated rings. The summed E-state index contributed by atoms with van der Waals surface area (Å²) in [6.07, 6.45) is 0.707. The maximum absolute atomic E-state index is 13.1. The first-order valence-electron chi connectivity index (χ1n) is 9.67. The van der Waals surface area contributed by atoms with E-state index >= 15 is 0 Å². The van der Waals surface area contributed by atoms with Gasteiger partial charge in [-0.15, -0.1) is 0 Å². The smallest absolute Gasteiger partial charge is 0.289 e. The van der Waals surface area contributed by atoms with Gasteiger partial charge in [-0.3, -0.25) is 14.4 Å². The predicted molar refractivity (Wildman–Crippen MR) is 110 cm³/mol. The zero-order chi connectivity index (χ0) is 20.4. The Hall–Kier alpha value is -3.41. The Bertz CT molecular complexity index is 1110. The lowest BCUT2D eigenvalue weighted by atomic mass is 9.85. The predicted octanol–water partition coefficient (Wildman–Crippen LogP) is 2.93. The second-order valence-electron chi connectivity index (χ2n) is 7.34. The fraction of sp³-hybridized carbons (Fsp3) is 0.261. The van der Waals surface area contributed by atoms with Gasteiger partial charge in [-0.05, 0) is 24.1 Å². The monoisotopic (exact) mass is 390 g/mol. The maximum atomic E-state index is 13.1. The summed E-state index contributed by atoms with van der Waals surface area (Å²) in [5, 5.41) is 3.43. The van der Waals surface area contributed by atoms with Crippen LogP contribution in [0.5, 0.6) is 0 Å². The highest BCUT2D eigenvalue weighted by Gasteiger charge is 2.34. The number of para-hydroxylation sites is 1. The van der Waals surface area contributed by atoms with Crippen molar-refractivity contribution < 1.29 is 14.0 Å². The normalized spacial score (nSPS) is 19.1. The van der Waals surface area contributed by atoms with E-state index in [1.807, 2.05) is 30.3 Å². The topological polar surface area (TPSA) is 79.6 Å². The quantitative estimate of drug-likeness (QED) is 0.746. The maximum Gasteiger partial charge on any atom is 0.289 e. The highest BCUT2D eigenvalue weighted by Crippen LogP contribution is 2.29. The summed E-state index contributed by atoms with van der Waals surface area (Å²) < 4.78 is 5.71. The van der Waals surface area contributed by atoms with E-state index in [0.717, 1.165) is 5.56 Å². The molecular formula is C23H22N2O4. The minimum Gasteiger partial charge on any atom is -0.451 e. The number of nitrogens with zero attached hydrogens (tertiary/aromatic N) is 1. The lowest BCUT2D eigenvalue weighted by Crippen LogP contribution is -2.52. The number of hydrogen-bond donors (Lipinski definition) is 1. The summed E-state index contributed by atoms with van der Waals surface area (Å²) in [5.74, 6) is -0.335. The van der Waals surface area contributed by atoms with E-state index in [1.165, 1.54) is 13.0 Å². The van der Waals surface area contributed by atoms with Gasteiger partial charge in [0.1, 0.15) is 5.58 Å². The highest BCUT2D eigenvalue weighted by molar-refractivity contribution is 5.93. The third kappa shape index (κ3) is 3.92. The van der Waals surface area contributed by atoms with E-state index in [9.17, 15) is 14.4 Å². The fourth-order valence-corrected chi connectivity index (χ4v) is 4.01. The molecule has 6 heteroatoms. The average Bonchev–Trinajstić information content (AvgIpc) is 2.73. The highest BCUT2D eigenvalue weighted by atomic mass is 16.3. The van der Waals surface area contributed by atoms with Gasteiger partial charge in [0.05, 0.1) is 11.4 Å². The van der Waals surface area contributed by atoms with Crippen LogP contribution in [0, 0.1) is 0 Å². The Morgan fingerprint density at radius 2 is 1.79 bits per heavy atom. The number of carbonyl (C=O) groups is 2. The molecule has 1 aliphatic rings. The number of benzene rings is 2. The number of amides is 2. The van der Waals surface area contributed by atoms with Crippen LogP contribution in [0.15, 0.2) is 69.9 Å². The van der Waals surface area contributed by atoms with Gasteiger partial charge < -0.3 is 14.6 Å². The first kappa shape index (κ1) is 18.9. The van der Waals surface area contributed by atoms with Crippen LogP contribution in [0.2, 0.25) is 0 Å². The molecule has 2 aromatic carbocycles. The zero-order valence-electron chi connectivity index (χ0n) is 16.1. The van der Waals surface area contributed by atoms with Crippen molar-refractivity contribution >= 4 is 22.8 Å². The minimum atomic E-state index is -0.338. The van der Waals surface area contributed by atoms with E-state index in [0.29, 0.717) is 30.5 Å². The van der Waals surface area contributed by atoms with E-state index in [1.54, 1.807) is 29.2 Å². The molecule has 0 aliphatic carbocycles. The summed E-state index contributed by atoms with van der Waals surface area (Å²) >= 11 is 0. The summed E-state index contributed by atoms with van der Waals surface area (Å²) in [6, 6.07) is 17.9. The SMILES string of the molecule is CC(=O)N[C@H]1CN(C(=O)c2cc(=O)c3ccccc3o2)CC[C@H]1c1ccccc1. The lowest BCUT2D eigenvalue weighted by molar-refractivity contribution is -0.120. The number of fused-ring (bicyclic) bond motifs is 1. The first-order chi connectivity index (χ1) is 14.0. The number of carbonyl (C=O) groups excluding carboxylic acids is 2. The van der Waals surface area contributed by atoms with Crippen molar-refractivity contribution in [2.24, 2.45) is 0 Å². The molecule has 29 heavy (non-hydrogen) atoms. The Morgan fingerprint density at radius 1 is 1.07 bits per heavy atom. The second kappa shape index (κ2) is 7.91. The minimum absolute atomic E-state index is 0.0217. The standard InChI is InChI=1S/C23H22N2O4/c1-15(26)24-19-14-25(12-11-17(19)16-7-3-2-4-8-16)23(28)22-13-20(27)18-9-5-6-10-21(18)29-22/h2-10,13,17,19H,11-12,14H2,1H3,(H,24,26)/t17-,19-/m0/s1. The Morgan fingerprint density at radius 3 is 2.55 bits per heavy atom. The molecule has 148 valence electrons. The van der Waals surface area contributed by atoms with Crippen molar-refractivity contribution in [3.8, 4) is 0 Å². The summed E-state index contributed by atoms with van der Waals surface area (Å²) in [4.78, 5) is 38.8. The molecular weight excluding hydrogens is 368 g/mol. The average molecular weight is 390 g/mol. The van der Waals surface area contributed by atoms with E-state index in [2.05, 4.69) is 5.32 Å². The van der Waals surface area contributed by atoms with Gasteiger partial charge >= 0.3 is 0 Å². The fourth-order valence-electron chi connectivity index (χ4n) is 4.01. The van der Waals surface area contributed by atoms with Gasteiger partial charge in [-0.1, -0.05) is 42.5 Å². The molecule has 2 atom stereocenters. The van der Waals surface area contributed by atoms with Crippen molar-refractivity contribution in [1.82, 2.24) is 10.2 Å². The van der Waals surface area contributed by atoms with Crippen LogP contribution in [-0.2, 0) is 4.79 Å². The van der Waals surface area contributed by atoms with Gasteiger partial charge in [0.15, 0.2) is 11.2 Å². The number of nitrogens with one attached hydrogen (secondary N) is 1. The third-order valence-corrected chi connectivity index (χ3v) is 5.36. The largest absolute Gasteiger partial charge is 0.451 e. The molecule has 4 rings (SSSR count). The van der Waals surface area contributed by atoms with Gasteiger partial charge in [0, 0.05) is 32.0 Å². The third-order valence-electron chi connectivity index (χ3n) is 5.36. The molecule has 0 spiro atoms. The molecule has 0 bridgehead atoms. The summed E-state index contributed by atoms with van der Waals surface area (Å²) in [6.45, 7) is 2.35. The van der Waals surface area contributed by atoms with Crippen LogP contribution in [0.4, 0.5) is 0 Å². The Balaban J connectivity index is 1.60. The van der Waals surface area contributed by atoms with Crippen LogP contribution >= 0.6 is 0 Å². The first-order valence-corrected chi connectivity index (χ1v) is 9.67.